The fraction of sp³-hybridized carbons (Fsp3) is 0.267. The van der Waals surface area contributed by atoms with Gasteiger partial charge in [0.25, 0.3) is 0 Å². The third-order valence-electron chi connectivity index (χ3n) is 2.85. The molecule has 5 nitrogen and oxygen atoms in total. The number of aliphatic hydroxyl groups excluding tert-OH is 1. The second-order valence-electron chi connectivity index (χ2n) is 4.79. The highest BCUT2D eigenvalue weighted by molar-refractivity contribution is 7.99. The molecule has 21 heavy (non-hydrogen) atoms. The van der Waals surface area contributed by atoms with Gasteiger partial charge >= 0.3 is 0 Å². The SMILES string of the molecule is CC(C)c1[nH]c(CO)nc1Sc1cc(C#N)cc(C#N)c1. The van der Waals surface area contributed by atoms with E-state index in [9.17, 15) is 5.11 Å². The van der Waals surface area contributed by atoms with E-state index in [0.29, 0.717) is 17.0 Å². The molecular formula is C15H14N4OS. The molecule has 2 rings (SSSR count). The summed E-state index contributed by atoms with van der Waals surface area (Å²) in [4.78, 5) is 8.23. The van der Waals surface area contributed by atoms with Crippen molar-refractivity contribution in [3.8, 4) is 12.1 Å². The monoisotopic (exact) mass is 298 g/mol. The number of nitrogens with zero attached hydrogens (tertiary/aromatic N) is 3. The van der Waals surface area contributed by atoms with E-state index < -0.39 is 0 Å². The highest BCUT2D eigenvalue weighted by Crippen LogP contribution is 2.33. The predicted octanol–water partition coefficient (Wildman–Crippen LogP) is 2.92. The number of H-pyrrole nitrogens is 1. The van der Waals surface area contributed by atoms with Gasteiger partial charge in [-0.2, -0.15) is 10.5 Å². The number of aromatic amines is 1. The van der Waals surface area contributed by atoms with Gasteiger partial charge in [0.05, 0.1) is 29.0 Å². The molecule has 0 unspecified atom stereocenters. The Morgan fingerprint density at radius 1 is 1.24 bits per heavy atom. The van der Waals surface area contributed by atoms with Crippen LogP contribution in [0.5, 0.6) is 0 Å². The van der Waals surface area contributed by atoms with E-state index in [-0.39, 0.29) is 12.5 Å². The van der Waals surface area contributed by atoms with Crippen molar-refractivity contribution < 1.29 is 5.11 Å². The van der Waals surface area contributed by atoms with Crippen LogP contribution in [0.15, 0.2) is 28.1 Å². The van der Waals surface area contributed by atoms with Crippen LogP contribution in [0.25, 0.3) is 0 Å². The van der Waals surface area contributed by atoms with Gasteiger partial charge in [-0.1, -0.05) is 25.6 Å². The third-order valence-corrected chi connectivity index (χ3v) is 3.83. The fourth-order valence-corrected chi connectivity index (χ4v) is 3.01. The number of rotatable bonds is 4. The Kier molecular flexibility index (Phi) is 4.64. The van der Waals surface area contributed by atoms with Crippen molar-refractivity contribution in [3.63, 3.8) is 0 Å². The van der Waals surface area contributed by atoms with Gasteiger partial charge < -0.3 is 10.1 Å². The lowest BCUT2D eigenvalue weighted by Crippen LogP contribution is -1.91. The van der Waals surface area contributed by atoms with Gasteiger partial charge in [0, 0.05) is 4.90 Å². The van der Waals surface area contributed by atoms with Gasteiger partial charge in [0.1, 0.15) is 17.5 Å². The quantitative estimate of drug-likeness (QED) is 0.904. The Morgan fingerprint density at radius 2 is 1.86 bits per heavy atom. The molecule has 0 aliphatic rings. The summed E-state index contributed by atoms with van der Waals surface area (Å²) in [6.07, 6.45) is 0. The van der Waals surface area contributed by atoms with Crippen molar-refractivity contribution in [3.05, 3.63) is 40.8 Å². The van der Waals surface area contributed by atoms with E-state index in [1.807, 2.05) is 26.0 Å². The molecular weight excluding hydrogens is 284 g/mol. The lowest BCUT2D eigenvalue weighted by atomic mass is 10.1. The van der Waals surface area contributed by atoms with Gasteiger partial charge in [-0.05, 0) is 24.1 Å². The van der Waals surface area contributed by atoms with Crippen molar-refractivity contribution in [2.45, 2.75) is 36.3 Å². The lowest BCUT2D eigenvalue weighted by Gasteiger charge is -2.06. The van der Waals surface area contributed by atoms with Crippen LogP contribution in [0.4, 0.5) is 0 Å². The topological polar surface area (TPSA) is 96.5 Å². The summed E-state index contributed by atoms with van der Waals surface area (Å²) in [7, 11) is 0. The maximum Gasteiger partial charge on any atom is 0.133 e. The number of benzene rings is 1. The molecule has 2 N–H and O–H groups in total. The normalized spacial score (nSPS) is 10.4. The van der Waals surface area contributed by atoms with Crippen LogP contribution in [0, 0.1) is 22.7 Å². The molecule has 0 atom stereocenters. The smallest absolute Gasteiger partial charge is 0.133 e. The number of aliphatic hydroxyl groups is 1. The molecule has 1 aromatic carbocycles. The molecule has 106 valence electrons. The van der Waals surface area contributed by atoms with E-state index in [1.165, 1.54) is 11.8 Å². The summed E-state index contributed by atoms with van der Waals surface area (Å²) in [5.74, 6) is 0.744. The average molecular weight is 298 g/mol. The van der Waals surface area contributed by atoms with Gasteiger partial charge in [-0.15, -0.1) is 0 Å². The highest BCUT2D eigenvalue weighted by atomic mass is 32.2. The van der Waals surface area contributed by atoms with Crippen LogP contribution in [0.3, 0.4) is 0 Å². The lowest BCUT2D eigenvalue weighted by molar-refractivity contribution is 0.272. The number of aromatic nitrogens is 2. The Morgan fingerprint density at radius 3 is 2.33 bits per heavy atom. The summed E-state index contributed by atoms with van der Waals surface area (Å²) >= 11 is 1.38. The molecule has 0 aliphatic carbocycles. The Labute approximate surface area is 127 Å². The second kappa shape index (κ2) is 6.45. The number of hydrogen-bond acceptors (Lipinski definition) is 5. The van der Waals surface area contributed by atoms with Crippen molar-refractivity contribution >= 4 is 11.8 Å². The zero-order valence-corrected chi connectivity index (χ0v) is 12.5. The minimum atomic E-state index is -0.151. The average Bonchev–Trinajstić information content (AvgIpc) is 2.90. The van der Waals surface area contributed by atoms with Gasteiger partial charge in [0.15, 0.2) is 0 Å². The molecule has 0 aliphatic heterocycles. The molecule has 2 aromatic rings. The van der Waals surface area contributed by atoms with Gasteiger partial charge in [0.2, 0.25) is 0 Å². The van der Waals surface area contributed by atoms with Crippen LogP contribution in [0.2, 0.25) is 0 Å². The highest BCUT2D eigenvalue weighted by Gasteiger charge is 2.15. The molecule has 0 saturated heterocycles. The first-order valence-corrected chi connectivity index (χ1v) is 7.21. The summed E-state index contributed by atoms with van der Waals surface area (Å²) < 4.78 is 0. The zero-order chi connectivity index (χ0) is 15.4. The van der Waals surface area contributed by atoms with E-state index in [4.69, 9.17) is 10.5 Å². The number of nitriles is 2. The molecule has 0 amide bonds. The minimum Gasteiger partial charge on any atom is -0.388 e. The molecule has 0 spiro atoms. The predicted molar refractivity (Wildman–Crippen MR) is 78.6 cm³/mol. The minimum absolute atomic E-state index is 0.151. The fourth-order valence-electron chi connectivity index (χ4n) is 1.86. The molecule has 0 fully saturated rings. The number of hydrogen-bond donors (Lipinski definition) is 2. The van der Waals surface area contributed by atoms with Gasteiger partial charge in [-0.3, -0.25) is 0 Å². The van der Waals surface area contributed by atoms with Crippen LogP contribution in [-0.2, 0) is 6.61 Å². The van der Waals surface area contributed by atoms with Crippen LogP contribution in [0.1, 0.15) is 42.4 Å². The number of nitrogens with one attached hydrogen (secondary N) is 1. The molecule has 0 bridgehead atoms. The molecule has 0 radical (unpaired) electrons. The second-order valence-corrected chi connectivity index (χ2v) is 5.85. The zero-order valence-electron chi connectivity index (χ0n) is 11.7. The molecule has 6 heteroatoms. The van der Waals surface area contributed by atoms with E-state index in [0.717, 1.165) is 15.6 Å². The van der Waals surface area contributed by atoms with E-state index in [2.05, 4.69) is 9.97 Å². The molecule has 1 heterocycles. The first kappa shape index (κ1) is 15.1. The maximum absolute atomic E-state index is 9.20. The maximum atomic E-state index is 9.20. The Hall–Kier alpha value is -2.28. The molecule has 0 saturated carbocycles. The van der Waals surface area contributed by atoms with E-state index >= 15 is 0 Å². The Bertz CT molecular complexity index is 705. The molecule has 1 aromatic heterocycles. The van der Waals surface area contributed by atoms with Crippen LogP contribution >= 0.6 is 11.8 Å². The van der Waals surface area contributed by atoms with Crippen molar-refractivity contribution in [2.24, 2.45) is 0 Å². The van der Waals surface area contributed by atoms with Crippen LogP contribution < -0.4 is 0 Å². The Balaban J connectivity index is 2.41. The van der Waals surface area contributed by atoms with Crippen molar-refractivity contribution in [1.29, 1.82) is 10.5 Å². The first-order valence-electron chi connectivity index (χ1n) is 6.40. The van der Waals surface area contributed by atoms with Crippen molar-refractivity contribution in [2.75, 3.05) is 0 Å². The summed E-state index contributed by atoms with van der Waals surface area (Å²) in [5, 5.41) is 28.0. The largest absolute Gasteiger partial charge is 0.388 e. The standard InChI is InChI=1S/C15H14N4OS/c1-9(2)14-15(19-13(8-20)18-14)21-12-4-10(6-16)3-11(5-12)7-17/h3-5,9,20H,8H2,1-2H3,(H,18,19). The van der Waals surface area contributed by atoms with Crippen molar-refractivity contribution in [1.82, 2.24) is 9.97 Å². The van der Waals surface area contributed by atoms with E-state index in [1.54, 1.807) is 18.2 Å². The first-order chi connectivity index (χ1) is 10.1. The van der Waals surface area contributed by atoms with Crippen LogP contribution in [-0.4, -0.2) is 15.1 Å². The third kappa shape index (κ3) is 3.43. The summed E-state index contributed by atoms with van der Waals surface area (Å²) in [5.41, 5.74) is 1.83. The number of imidazole rings is 1. The van der Waals surface area contributed by atoms with Gasteiger partial charge in [-0.25, -0.2) is 4.98 Å². The summed E-state index contributed by atoms with van der Waals surface area (Å²) in [6, 6.07) is 9.10. The summed E-state index contributed by atoms with van der Waals surface area (Å²) in [6.45, 7) is 3.91.